The van der Waals surface area contributed by atoms with Gasteiger partial charge in [0.15, 0.2) is 16.7 Å². The van der Waals surface area contributed by atoms with Gasteiger partial charge >= 0.3 is 0 Å². The van der Waals surface area contributed by atoms with Crippen molar-refractivity contribution in [3.63, 3.8) is 0 Å². The maximum atomic E-state index is 12.6. The summed E-state index contributed by atoms with van der Waals surface area (Å²) < 4.78 is 1.78. The Bertz CT molecular complexity index is 993. The lowest BCUT2D eigenvalue weighted by atomic mass is 10.1. The highest BCUT2D eigenvalue weighted by Crippen LogP contribution is 2.24. The first-order valence-corrected chi connectivity index (χ1v) is 9.27. The highest BCUT2D eigenvalue weighted by Gasteiger charge is 2.20. The summed E-state index contributed by atoms with van der Waals surface area (Å²) in [5.41, 5.74) is 3.28. The van der Waals surface area contributed by atoms with E-state index >= 15 is 0 Å². The van der Waals surface area contributed by atoms with Crippen LogP contribution in [0.5, 0.6) is 0 Å². The molecule has 0 spiro atoms. The lowest BCUT2D eigenvalue weighted by Gasteiger charge is -2.06. The lowest BCUT2D eigenvalue weighted by molar-refractivity contribution is 0.101. The predicted octanol–water partition coefficient (Wildman–Crippen LogP) is 4.04. The number of thioether (sulfide) groups is 1. The van der Waals surface area contributed by atoms with Crippen molar-refractivity contribution in [1.29, 1.82) is 0 Å². The van der Waals surface area contributed by atoms with Crippen molar-refractivity contribution >= 4 is 34.9 Å². The maximum Gasteiger partial charge on any atom is 0.196 e. The number of halogens is 1. The zero-order valence-electron chi connectivity index (χ0n) is 14.5. The van der Waals surface area contributed by atoms with Crippen molar-refractivity contribution in [3.05, 3.63) is 58.1 Å². The fourth-order valence-corrected chi connectivity index (χ4v) is 3.87. The van der Waals surface area contributed by atoms with Gasteiger partial charge in [-0.25, -0.2) is 0 Å². The van der Waals surface area contributed by atoms with Gasteiger partial charge in [0, 0.05) is 16.3 Å². The molecule has 2 aromatic heterocycles. The van der Waals surface area contributed by atoms with E-state index in [1.54, 1.807) is 36.9 Å². The normalized spacial score (nSPS) is 10.9. The minimum atomic E-state index is -0.0938. The Morgan fingerprint density at radius 3 is 2.73 bits per heavy atom. The molecule has 0 saturated carbocycles. The standard InChI is InChI=1S/C18H17ClN4O2S/c1-10-16(12(3)24)11(2)21-17(10)15(25)8-26-18-22-20-9-23(18)14-6-4-5-13(19)7-14/h4-7,9,21H,8H2,1-3H3. The van der Waals surface area contributed by atoms with Gasteiger partial charge in [-0.3, -0.25) is 14.2 Å². The topological polar surface area (TPSA) is 80.6 Å². The predicted molar refractivity (Wildman–Crippen MR) is 102 cm³/mol. The molecule has 3 aromatic rings. The molecule has 0 bridgehead atoms. The largest absolute Gasteiger partial charge is 0.355 e. The molecular formula is C18H17ClN4O2S. The van der Waals surface area contributed by atoms with E-state index in [1.807, 2.05) is 12.1 Å². The molecule has 1 aromatic carbocycles. The first-order valence-electron chi connectivity index (χ1n) is 7.90. The van der Waals surface area contributed by atoms with Crippen LogP contribution in [0.1, 0.15) is 39.0 Å². The van der Waals surface area contributed by atoms with Crippen LogP contribution >= 0.6 is 23.4 Å². The fraction of sp³-hybridized carbons (Fsp3) is 0.222. The summed E-state index contributed by atoms with van der Waals surface area (Å²) in [5, 5.41) is 9.20. The number of ketones is 2. The van der Waals surface area contributed by atoms with E-state index in [-0.39, 0.29) is 17.3 Å². The molecule has 6 nitrogen and oxygen atoms in total. The number of carbonyl (C=O) groups is 2. The summed E-state index contributed by atoms with van der Waals surface area (Å²) in [4.78, 5) is 27.4. The molecule has 0 saturated heterocycles. The Balaban J connectivity index is 1.79. The summed E-state index contributed by atoms with van der Waals surface area (Å²) in [6.45, 7) is 5.08. The molecule has 3 rings (SSSR count). The van der Waals surface area contributed by atoms with Crippen LogP contribution in [0.25, 0.3) is 5.69 Å². The molecule has 0 aliphatic rings. The second kappa shape index (κ2) is 7.47. The molecule has 0 unspecified atom stereocenters. The van der Waals surface area contributed by atoms with Crippen LogP contribution < -0.4 is 0 Å². The smallest absolute Gasteiger partial charge is 0.196 e. The lowest BCUT2D eigenvalue weighted by Crippen LogP contribution is -2.07. The monoisotopic (exact) mass is 388 g/mol. The van der Waals surface area contributed by atoms with Crippen molar-refractivity contribution in [2.24, 2.45) is 0 Å². The third-order valence-corrected chi connectivity index (χ3v) is 5.18. The van der Waals surface area contributed by atoms with Gasteiger partial charge in [0.05, 0.1) is 17.1 Å². The van der Waals surface area contributed by atoms with Crippen LogP contribution in [-0.2, 0) is 0 Å². The van der Waals surface area contributed by atoms with Crippen LogP contribution in [0.4, 0.5) is 0 Å². The third-order valence-electron chi connectivity index (χ3n) is 4.00. The molecule has 134 valence electrons. The van der Waals surface area contributed by atoms with E-state index in [0.717, 1.165) is 5.69 Å². The number of benzene rings is 1. The van der Waals surface area contributed by atoms with Crippen molar-refractivity contribution in [2.45, 2.75) is 25.9 Å². The SMILES string of the molecule is CC(=O)c1c(C)[nH]c(C(=O)CSc2nncn2-c2cccc(Cl)c2)c1C. The van der Waals surface area contributed by atoms with E-state index in [9.17, 15) is 9.59 Å². The number of aryl methyl sites for hydroxylation is 1. The van der Waals surface area contributed by atoms with Gasteiger partial charge < -0.3 is 4.98 Å². The molecular weight excluding hydrogens is 372 g/mol. The van der Waals surface area contributed by atoms with Crippen LogP contribution in [-0.4, -0.2) is 37.1 Å². The van der Waals surface area contributed by atoms with E-state index in [0.29, 0.717) is 32.7 Å². The Hall–Kier alpha value is -2.38. The molecule has 0 aliphatic carbocycles. The van der Waals surface area contributed by atoms with Gasteiger partial charge in [-0.05, 0) is 44.5 Å². The Kier molecular flexibility index (Phi) is 5.29. The third kappa shape index (κ3) is 3.59. The van der Waals surface area contributed by atoms with Crippen molar-refractivity contribution in [3.8, 4) is 5.69 Å². The van der Waals surface area contributed by atoms with Crippen LogP contribution in [0, 0.1) is 13.8 Å². The number of H-pyrrole nitrogens is 1. The zero-order chi connectivity index (χ0) is 18.8. The van der Waals surface area contributed by atoms with E-state index in [2.05, 4.69) is 15.2 Å². The van der Waals surface area contributed by atoms with E-state index in [1.165, 1.54) is 18.7 Å². The van der Waals surface area contributed by atoms with Crippen molar-refractivity contribution in [2.75, 3.05) is 5.75 Å². The first kappa shape index (κ1) is 18.4. The van der Waals surface area contributed by atoms with Gasteiger partial charge in [-0.1, -0.05) is 29.4 Å². The maximum absolute atomic E-state index is 12.6. The van der Waals surface area contributed by atoms with Crippen LogP contribution in [0.2, 0.25) is 5.02 Å². The number of aromatic amines is 1. The Morgan fingerprint density at radius 1 is 1.31 bits per heavy atom. The number of hydrogen-bond donors (Lipinski definition) is 1. The number of hydrogen-bond acceptors (Lipinski definition) is 5. The first-order chi connectivity index (χ1) is 12.4. The van der Waals surface area contributed by atoms with Gasteiger partial charge in [0.1, 0.15) is 6.33 Å². The van der Waals surface area contributed by atoms with Gasteiger partial charge in [0.2, 0.25) is 0 Å². The number of nitrogens with zero attached hydrogens (tertiary/aromatic N) is 3. The summed E-state index contributed by atoms with van der Waals surface area (Å²) in [7, 11) is 0. The number of nitrogens with one attached hydrogen (secondary N) is 1. The average molecular weight is 389 g/mol. The summed E-state index contributed by atoms with van der Waals surface area (Å²) in [6.07, 6.45) is 1.58. The Labute approximate surface area is 160 Å². The van der Waals surface area contributed by atoms with Gasteiger partial charge in [-0.2, -0.15) is 0 Å². The highest BCUT2D eigenvalue weighted by molar-refractivity contribution is 7.99. The summed E-state index contributed by atoms with van der Waals surface area (Å²) in [5.74, 6) is 0.0320. The number of carbonyl (C=O) groups excluding carboxylic acids is 2. The van der Waals surface area contributed by atoms with Gasteiger partial charge in [-0.15, -0.1) is 10.2 Å². The second-order valence-corrected chi connectivity index (χ2v) is 7.24. The fourth-order valence-electron chi connectivity index (χ4n) is 2.89. The number of Topliss-reactive ketones (excluding diaryl/α,β-unsaturated/α-hetero) is 2. The van der Waals surface area contributed by atoms with E-state index in [4.69, 9.17) is 11.6 Å². The zero-order valence-corrected chi connectivity index (χ0v) is 16.1. The molecule has 8 heteroatoms. The minimum Gasteiger partial charge on any atom is -0.355 e. The second-order valence-electron chi connectivity index (χ2n) is 5.86. The average Bonchev–Trinajstić information content (AvgIpc) is 3.16. The minimum absolute atomic E-state index is 0.0522. The molecule has 0 amide bonds. The quantitative estimate of drug-likeness (QED) is 0.509. The van der Waals surface area contributed by atoms with Crippen molar-refractivity contribution in [1.82, 2.24) is 19.7 Å². The van der Waals surface area contributed by atoms with E-state index < -0.39 is 0 Å². The molecule has 1 N–H and O–H groups in total. The molecule has 0 atom stereocenters. The van der Waals surface area contributed by atoms with Crippen molar-refractivity contribution < 1.29 is 9.59 Å². The van der Waals surface area contributed by atoms with Crippen LogP contribution in [0.3, 0.4) is 0 Å². The molecule has 0 fully saturated rings. The molecule has 2 heterocycles. The summed E-state index contributed by atoms with van der Waals surface area (Å²) >= 11 is 7.32. The number of aromatic nitrogens is 4. The summed E-state index contributed by atoms with van der Waals surface area (Å²) in [6, 6.07) is 7.31. The molecule has 0 radical (unpaired) electrons. The van der Waals surface area contributed by atoms with Crippen LogP contribution in [0.15, 0.2) is 35.7 Å². The van der Waals surface area contributed by atoms with Gasteiger partial charge in [0.25, 0.3) is 0 Å². The highest BCUT2D eigenvalue weighted by atomic mass is 35.5. The number of rotatable bonds is 6. The molecule has 26 heavy (non-hydrogen) atoms. The molecule has 0 aliphatic heterocycles. The Morgan fingerprint density at radius 2 is 2.08 bits per heavy atom.